The third-order valence-corrected chi connectivity index (χ3v) is 3.47. The topological polar surface area (TPSA) is 76.4 Å². The van der Waals surface area contributed by atoms with E-state index in [4.69, 9.17) is 9.26 Å². The van der Waals surface area contributed by atoms with Gasteiger partial charge in [0.2, 0.25) is 11.8 Å². The summed E-state index contributed by atoms with van der Waals surface area (Å²) in [4.78, 5) is 12.2. The van der Waals surface area contributed by atoms with Gasteiger partial charge in [0.1, 0.15) is 0 Å². The molecule has 1 aromatic heterocycles. The summed E-state index contributed by atoms with van der Waals surface area (Å²) in [6.45, 7) is 7.72. The molecule has 0 saturated carbocycles. The Labute approximate surface area is 112 Å². The zero-order chi connectivity index (χ0) is 13.8. The predicted molar refractivity (Wildman–Crippen MR) is 71.0 cm³/mol. The number of carbonyl (C=O) groups is 1. The third kappa shape index (κ3) is 3.13. The Bertz CT molecular complexity index is 444. The fourth-order valence-electron chi connectivity index (χ4n) is 2.08. The monoisotopic (exact) mass is 267 g/mol. The summed E-state index contributed by atoms with van der Waals surface area (Å²) in [5.41, 5.74) is 1.66. The molecular formula is C13H21N3O3. The van der Waals surface area contributed by atoms with Crippen LogP contribution in [0.15, 0.2) is 4.52 Å². The average molecular weight is 267 g/mol. The number of hydrogen-bond acceptors (Lipinski definition) is 5. The van der Waals surface area contributed by atoms with Gasteiger partial charge in [-0.25, -0.2) is 0 Å². The number of ether oxygens (including phenoxy) is 1. The fourth-order valence-corrected chi connectivity index (χ4v) is 2.08. The molecule has 1 fully saturated rings. The van der Waals surface area contributed by atoms with Gasteiger partial charge in [-0.05, 0) is 26.8 Å². The van der Waals surface area contributed by atoms with Crippen molar-refractivity contribution in [1.82, 2.24) is 10.5 Å². The van der Waals surface area contributed by atoms with Crippen molar-refractivity contribution < 1.29 is 14.1 Å². The first-order valence-corrected chi connectivity index (χ1v) is 6.68. The Morgan fingerprint density at radius 2 is 2.21 bits per heavy atom. The molecule has 2 atom stereocenters. The molecule has 1 aromatic rings. The van der Waals surface area contributed by atoms with Crippen molar-refractivity contribution >= 4 is 11.8 Å². The van der Waals surface area contributed by atoms with Crippen LogP contribution in [0.2, 0.25) is 0 Å². The fraction of sp³-hybridized carbons (Fsp3) is 0.692. The third-order valence-electron chi connectivity index (χ3n) is 3.47. The molecule has 2 heterocycles. The molecule has 0 bridgehead atoms. The summed E-state index contributed by atoms with van der Waals surface area (Å²) in [5.74, 6) is 0.172. The van der Waals surface area contributed by atoms with E-state index >= 15 is 0 Å². The summed E-state index contributed by atoms with van der Waals surface area (Å²) in [5, 5.41) is 9.95. The highest BCUT2D eigenvalue weighted by molar-refractivity contribution is 5.92. The lowest BCUT2D eigenvalue weighted by Gasteiger charge is -2.17. The summed E-state index contributed by atoms with van der Waals surface area (Å²) in [6, 6.07) is 0.0734. The number of nitrogens with zero attached hydrogens (tertiary/aromatic N) is 1. The van der Waals surface area contributed by atoms with Crippen LogP contribution in [-0.4, -0.2) is 36.9 Å². The van der Waals surface area contributed by atoms with Crippen molar-refractivity contribution in [1.29, 1.82) is 0 Å². The molecule has 0 aliphatic carbocycles. The van der Waals surface area contributed by atoms with E-state index in [-0.39, 0.29) is 17.9 Å². The summed E-state index contributed by atoms with van der Waals surface area (Å²) in [7, 11) is 0. The van der Waals surface area contributed by atoms with E-state index < -0.39 is 0 Å². The number of nitrogens with one attached hydrogen (secondary N) is 2. The lowest BCUT2D eigenvalue weighted by molar-refractivity contribution is -0.120. The highest BCUT2D eigenvalue weighted by Gasteiger charge is 2.34. The number of aromatic nitrogens is 1. The van der Waals surface area contributed by atoms with E-state index in [0.717, 1.165) is 24.2 Å². The minimum atomic E-state index is -0.184. The second kappa shape index (κ2) is 6.16. The number of aryl methyl sites for hydroxylation is 1. The first-order valence-electron chi connectivity index (χ1n) is 6.68. The molecule has 2 N–H and O–H groups in total. The molecule has 0 spiro atoms. The maximum Gasteiger partial charge on any atom is 0.234 e. The molecule has 6 heteroatoms. The van der Waals surface area contributed by atoms with Crippen molar-refractivity contribution in [2.75, 3.05) is 25.1 Å². The minimum Gasteiger partial charge on any atom is -0.379 e. The van der Waals surface area contributed by atoms with Gasteiger partial charge in [-0.3, -0.25) is 10.1 Å². The zero-order valence-corrected chi connectivity index (χ0v) is 11.7. The molecule has 0 aromatic carbocycles. The smallest absolute Gasteiger partial charge is 0.234 e. The molecular weight excluding hydrogens is 246 g/mol. The van der Waals surface area contributed by atoms with Gasteiger partial charge >= 0.3 is 0 Å². The SMILES string of the molecule is CCCNC1COCC1C(=O)Nc1onc(C)c1C. The Hall–Kier alpha value is -1.40. The van der Waals surface area contributed by atoms with E-state index in [9.17, 15) is 4.79 Å². The molecule has 1 saturated heterocycles. The largest absolute Gasteiger partial charge is 0.379 e. The van der Waals surface area contributed by atoms with E-state index in [1.54, 1.807) is 0 Å². The summed E-state index contributed by atoms with van der Waals surface area (Å²) in [6.07, 6.45) is 1.03. The Kier molecular flexibility index (Phi) is 4.55. The molecule has 6 nitrogen and oxygen atoms in total. The Morgan fingerprint density at radius 3 is 2.84 bits per heavy atom. The van der Waals surface area contributed by atoms with Crippen LogP contribution in [0.5, 0.6) is 0 Å². The summed E-state index contributed by atoms with van der Waals surface area (Å²) >= 11 is 0. The van der Waals surface area contributed by atoms with Crippen molar-refractivity contribution in [2.24, 2.45) is 5.92 Å². The molecule has 1 aliphatic heterocycles. The number of rotatable bonds is 5. The van der Waals surface area contributed by atoms with Crippen LogP contribution in [0.4, 0.5) is 5.88 Å². The molecule has 0 radical (unpaired) electrons. The van der Waals surface area contributed by atoms with Gasteiger partial charge in [-0.2, -0.15) is 0 Å². The van der Waals surface area contributed by atoms with Gasteiger partial charge in [0, 0.05) is 11.6 Å². The molecule has 1 amide bonds. The van der Waals surface area contributed by atoms with Crippen LogP contribution in [0.3, 0.4) is 0 Å². The van der Waals surface area contributed by atoms with Crippen LogP contribution in [0, 0.1) is 19.8 Å². The maximum absolute atomic E-state index is 12.2. The Morgan fingerprint density at radius 1 is 1.42 bits per heavy atom. The van der Waals surface area contributed by atoms with Gasteiger partial charge in [0.05, 0.1) is 24.8 Å². The maximum atomic E-state index is 12.2. The van der Waals surface area contributed by atoms with E-state index in [1.165, 1.54) is 0 Å². The van der Waals surface area contributed by atoms with E-state index in [0.29, 0.717) is 19.1 Å². The molecule has 1 aliphatic rings. The first-order chi connectivity index (χ1) is 9.13. The van der Waals surface area contributed by atoms with Gasteiger partial charge in [0.15, 0.2) is 0 Å². The van der Waals surface area contributed by atoms with E-state index in [2.05, 4.69) is 22.7 Å². The highest BCUT2D eigenvalue weighted by Crippen LogP contribution is 2.21. The van der Waals surface area contributed by atoms with Crippen molar-refractivity contribution in [2.45, 2.75) is 33.2 Å². The quantitative estimate of drug-likeness (QED) is 0.839. The van der Waals surface area contributed by atoms with Crippen molar-refractivity contribution in [3.05, 3.63) is 11.3 Å². The minimum absolute atomic E-state index is 0.0734. The highest BCUT2D eigenvalue weighted by atomic mass is 16.5. The molecule has 106 valence electrons. The number of anilines is 1. The average Bonchev–Trinajstić information content (AvgIpc) is 2.98. The van der Waals surface area contributed by atoms with Gasteiger partial charge in [-0.1, -0.05) is 12.1 Å². The Balaban J connectivity index is 1.97. The number of amides is 1. The summed E-state index contributed by atoms with van der Waals surface area (Å²) < 4.78 is 10.5. The lowest BCUT2D eigenvalue weighted by atomic mass is 10.0. The van der Waals surface area contributed by atoms with Gasteiger partial charge in [0.25, 0.3) is 0 Å². The number of hydrogen-bond donors (Lipinski definition) is 2. The van der Waals surface area contributed by atoms with Crippen LogP contribution in [0.1, 0.15) is 24.6 Å². The zero-order valence-electron chi connectivity index (χ0n) is 11.7. The molecule has 2 unspecified atom stereocenters. The van der Waals surface area contributed by atoms with Crippen LogP contribution in [-0.2, 0) is 9.53 Å². The standard InChI is InChI=1S/C13H21N3O3/c1-4-5-14-11-7-18-6-10(11)12(17)15-13-8(2)9(3)16-19-13/h10-11,14H,4-7H2,1-3H3,(H,15,17). The number of carbonyl (C=O) groups excluding carboxylic acids is 1. The van der Waals surface area contributed by atoms with Gasteiger partial charge in [-0.15, -0.1) is 0 Å². The molecule has 19 heavy (non-hydrogen) atoms. The molecule has 2 rings (SSSR count). The van der Waals surface area contributed by atoms with Crippen LogP contribution in [0.25, 0.3) is 0 Å². The van der Waals surface area contributed by atoms with Crippen LogP contribution < -0.4 is 10.6 Å². The first kappa shape index (κ1) is 14.0. The predicted octanol–water partition coefficient (Wildman–Crippen LogP) is 1.24. The van der Waals surface area contributed by atoms with Crippen molar-refractivity contribution in [3.8, 4) is 0 Å². The second-order valence-corrected chi connectivity index (χ2v) is 4.92. The lowest BCUT2D eigenvalue weighted by Crippen LogP contribution is -2.41. The van der Waals surface area contributed by atoms with Crippen LogP contribution >= 0.6 is 0 Å². The van der Waals surface area contributed by atoms with E-state index in [1.807, 2.05) is 13.8 Å². The normalized spacial score (nSPS) is 22.7. The second-order valence-electron chi connectivity index (χ2n) is 4.92. The van der Waals surface area contributed by atoms with Crippen molar-refractivity contribution in [3.63, 3.8) is 0 Å². The van der Waals surface area contributed by atoms with Gasteiger partial charge < -0.3 is 14.6 Å².